The van der Waals surface area contributed by atoms with Gasteiger partial charge in [0.25, 0.3) is 0 Å². The minimum Gasteiger partial charge on any atom is -0.0885 e. The summed E-state index contributed by atoms with van der Waals surface area (Å²) in [5.41, 5.74) is 2.75. The molecule has 0 N–H and O–H groups in total. The van der Waals surface area contributed by atoms with E-state index in [1.807, 2.05) is 0 Å². The molecule has 4 rings (SSSR count). The summed E-state index contributed by atoms with van der Waals surface area (Å²) in [6, 6.07) is 10.6. The van der Waals surface area contributed by atoms with Crippen LogP contribution < -0.4 is 0 Å². The van der Waals surface area contributed by atoms with E-state index in [1.165, 1.54) is 17.6 Å². The first-order chi connectivity index (χ1) is 7.86. The SMILES string of the molecule is ClC1=C(c2ccccc2)C2C3C=CC(C3)C12. The minimum absolute atomic E-state index is 0.645. The predicted octanol–water partition coefficient (Wildman–Crippen LogP) is 4.09. The molecule has 0 aliphatic heterocycles. The zero-order valence-electron chi connectivity index (χ0n) is 8.94. The summed E-state index contributed by atoms with van der Waals surface area (Å²) in [6.07, 6.45) is 6.09. The summed E-state index contributed by atoms with van der Waals surface area (Å²) in [7, 11) is 0. The Hall–Kier alpha value is -1.01. The molecule has 1 aromatic carbocycles. The van der Waals surface area contributed by atoms with Crippen LogP contribution in [0.3, 0.4) is 0 Å². The molecule has 0 nitrogen and oxygen atoms in total. The molecule has 0 spiro atoms. The third-order valence-electron chi connectivity index (χ3n) is 4.43. The molecule has 4 unspecified atom stereocenters. The molecule has 2 bridgehead atoms. The number of rotatable bonds is 1. The fourth-order valence-corrected chi connectivity index (χ4v) is 4.28. The lowest BCUT2D eigenvalue weighted by Crippen LogP contribution is -2.31. The zero-order chi connectivity index (χ0) is 10.7. The summed E-state index contributed by atoms with van der Waals surface area (Å²) in [5, 5.41) is 1.13. The van der Waals surface area contributed by atoms with Crippen molar-refractivity contribution in [3.05, 3.63) is 53.1 Å². The maximum Gasteiger partial charge on any atom is 0.0265 e. The molecule has 3 aliphatic carbocycles. The van der Waals surface area contributed by atoms with E-state index in [9.17, 15) is 0 Å². The van der Waals surface area contributed by atoms with E-state index in [0.29, 0.717) is 11.8 Å². The third kappa shape index (κ3) is 0.965. The van der Waals surface area contributed by atoms with Crippen molar-refractivity contribution in [2.45, 2.75) is 6.42 Å². The minimum atomic E-state index is 0.645. The fraction of sp³-hybridized carbons (Fsp3) is 0.333. The Labute approximate surface area is 101 Å². The monoisotopic (exact) mass is 228 g/mol. The number of allylic oxidation sites excluding steroid dienone is 4. The van der Waals surface area contributed by atoms with Crippen molar-refractivity contribution in [3.8, 4) is 0 Å². The van der Waals surface area contributed by atoms with Gasteiger partial charge in [0.1, 0.15) is 0 Å². The third-order valence-corrected chi connectivity index (χ3v) is 4.88. The molecule has 0 heterocycles. The molecule has 0 aromatic heterocycles. The molecule has 1 heteroatoms. The molecule has 0 amide bonds. The van der Waals surface area contributed by atoms with Gasteiger partial charge >= 0.3 is 0 Å². The van der Waals surface area contributed by atoms with Crippen LogP contribution >= 0.6 is 11.6 Å². The Morgan fingerprint density at radius 1 is 0.938 bits per heavy atom. The second-order valence-corrected chi connectivity index (χ2v) is 5.53. The van der Waals surface area contributed by atoms with Crippen LogP contribution in [0.15, 0.2) is 47.5 Å². The van der Waals surface area contributed by atoms with Gasteiger partial charge in [0.05, 0.1) is 0 Å². The van der Waals surface area contributed by atoms with Gasteiger partial charge in [-0.3, -0.25) is 0 Å². The van der Waals surface area contributed by atoms with E-state index in [4.69, 9.17) is 11.6 Å². The van der Waals surface area contributed by atoms with Crippen molar-refractivity contribution in [3.63, 3.8) is 0 Å². The Balaban J connectivity index is 1.80. The second-order valence-electron chi connectivity index (χ2n) is 5.13. The number of hydrogen-bond donors (Lipinski definition) is 0. The maximum atomic E-state index is 6.49. The van der Waals surface area contributed by atoms with Crippen LogP contribution in [0.5, 0.6) is 0 Å². The van der Waals surface area contributed by atoms with E-state index in [0.717, 1.165) is 16.9 Å². The molecule has 1 saturated carbocycles. The summed E-state index contributed by atoms with van der Waals surface area (Å²) in [6.45, 7) is 0. The van der Waals surface area contributed by atoms with Crippen LogP contribution in [-0.2, 0) is 0 Å². The van der Waals surface area contributed by atoms with Crippen LogP contribution in [0.25, 0.3) is 5.57 Å². The van der Waals surface area contributed by atoms with Crippen LogP contribution in [0.2, 0.25) is 0 Å². The standard InChI is InChI=1S/C15H13Cl/c16-15-13(9-4-2-1-3-5-9)12-10-6-7-11(8-10)14(12)15/h1-7,10-12,14H,8H2. The van der Waals surface area contributed by atoms with Gasteiger partial charge in [-0.2, -0.15) is 0 Å². The predicted molar refractivity (Wildman–Crippen MR) is 66.9 cm³/mol. The number of halogens is 1. The van der Waals surface area contributed by atoms with Crippen molar-refractivity contribution < 1.29 is 0 Å². The highest BCUT2D eigenvalue weighted by molar-refractivity contribution is 6.34. The van der Waals surface area contributed by atoms with Crippen LogP contribution in [-0.4, -0.2) is 0 Å². The first-order valence-corrected chi connectivity index (χ1v) is 6.37. The zero-order valence-corrected chi connectivity index (χ0v) is 9.69. The number of benzene rings is 1. The van der Waals surface area contributed by atoms with Gasteiger partial charge < -0.3 is 0 Å². The molecule has 4 atom stereocenters. The van der Waals surface area contributed by atoms with Crippen LogP contribution in [0, 0.1) is 23.7 Å². The van der Waals surface area contributed by atoms with Gasteiger partial charge in [-0.1, -0.05) is 54.1 Å². The smallest absolute Gasteiger partial charge is 0.0265 e. The van der Waals surface area contributed by atoms with E-state index in [1.54, 1.807) is 0 Å². The van der Waals surface area contributed by atoms with Gasteiger partial charge in [-0.15, -0.1) is 0 Å². The topological polar surface area (TPSA) is 0 Å². The maximum absolute atomic E-state index is 6.49. The van der Waals surface area contributed by atoms with Gasteiger partial charge in [0, 0.05) is 16.9 Å². The average Bonchev–Trinajstić information content (AvgIpc) is 2.87. The molecule has 3 aliphatic rings. The van der Waals surface area contributed by atoms with Gasteiger partial charge in [-0.05, 0) is 29.4 Å². The lowest BCUT2D eigenvalue weighted by Gasteiger charge is -2.40. The van der Waals surface area contributed by atoms with Crippen molar-refractivity contribution in [1.29, 1.82) is 0 Å². The second kappa shape index (κ2) is 3.01. The van der Waals surface area contributed by atoms with Gasteiger partial charge in [-0.25, -0.2) is 0 Å². The lowest BCUT2D eigenvalue weighted by molar-refractivity contribution is 0.410. The van der Waals surface area contributed by atoms with Crippen molar-refractivity contribution in [2.24, 2.45) is 23.7 Å². The Bertz CT molecular complexity index is 497. The van der Waals surface area contributed by atoms with E-state index in [-0.39, 0.29) is 0 Å². The molecule has 0 radical (unpaired) electrons. The number of fused-ring (bicyclic) bond motifs is 5. The highest BCUT2D eigenvalue weighted by Gasteiger charge is 2.54. The van der Waals surface area contributed by atoms with Crippen LogP contribution in [0.4, 0.5) is 0 Å². The van der Waals surface area contributed by atoms with Crippen molar-refractivity contribution in [1.82, 2.24) is 0 Å². The first-order valence-electron chi connectivity index (χ1n) is 5.99. The summed E-state index contributed by atoms with van der Waals surface area (Å²) < 4.78 is 0. The normalized spacial score (nSPS) is 38.8. The molecule has 0 saturated heterocycles. The summed E-state index contributed by atoms with van der Waals surface area (Å²) in [5.74, 6) is 2.85. The summed E-state index contributed by atoms with van der Waals surface area (Å²) in [4.78, 5) is 0. The van der Waals surface area contributed by atoms with Gasteiger partial charge in [0.15, 0.2) is 0 Å². The molecule has 1 fully saturated rings. The quantitative estimate of drug-likeness (QED) is 0.636. The largest absolute Gasteiger partial charge is 0.0885 e. The lowest BCUT2D eigenvalue weighted by atomic mass is 9.66. The average molecular weight is 229 g/mol. The molecular formula is C15H13Cl. The van der Waals surface area contributed by atoms with E-state index < -0.39 is 0 Å². The Morgan fingerprint density at radius 2 is 1.62 bits per heavy atom. The highest BCUT2D eigenvalue weighted by Crippen LogP contribution is 2.64. The van der Waals surface area contributed by atoms with Crippen molar-refractivity contribution in [2.75, 3.05) is 0 Å². The molecule has 16 heavy (non-hydrogen) atoms. The Kier molecular flexibility index (Phi) is 1.71. The van der Waals surface area contributed by atoms with E-state index >= 15 is 0 Å². The molecule has 80 valence electrons. The molecular weight excluding hydrogens is 216 g/mol. The van der Waals surface area contributed by atoms with Crippen molar-refractivity contribution >= 4 is 17.2 Å². The van der Waals surface area contributed by atoms with Crippen LogP contribution in [0.1, 0.15) is 12.0 Å². The Morgan fingerprint density at radius 3 is 2.38 bits per heavy atom. The van der Waals surface area contributed by atoms with Gasteiger partial charge in [0.2, 0.25) is 0 Å². The highest BCUT2D eigenvalue weighted by atomic mass is 35.5. The van der Waals surface area contributed by atoms with E-state index in [2.05, 4.69) is 42.5 Å². The molecule has 1 aromatic rings. The first kappa shape index (κ1) is 9.07. The fourth-order valence-electron chi connectivity index (χ4n) is 3.75. The number of hydrogen-bond acceptors (Lipinski definition) is 0. The summed E-state index contributed by atoms with van der Waals surface area (Å²) >= 11 is 6.49.